The second kappa shape index (κ2) is 10.1. The van der Waals surface area contributed by atoms with Crippen LogP contribution in [0.5, 0.6) is 0 Å². The number of amides is 1. The molecule has 25 heavy (non-hydrogen) atoms. The van der Waals surface area contributed by atoms with E-state index in [1.807, 2.05) is 0 Å². The van der Waals surface area contributed by atoms with Crippen molar-refractivity contribution in [3.63, 3.8) is 0 Å². The number of hydrogen-bond acceptors (Lipinski definition) is 5. The van der Waals surface area contributed by atoms with Gasteiger partial charge in [-0.2, -0.15) is 0 Å². The SMILES string of the molecule is CCS(=O)(=O)N1CCCC(C(=O)NCC2(COC)CCNCC2)C1.Cl. The maximum absolute atomic E-state index is 12.6. The fourth-order valence-corrected chi connectivity index (χ4v) is 4.83. The summed E-state index contributed by atoms with van der Waals surface area (Å²) >= 11 is 0. The van der Waals surface area contributed by atoms with Crippen LogP contribution in [0.1, 0.15) is 32.6 Å². The lowest BCUT2D eigenvalue weighted by Crippen LogP contribution is -2.50. The Hall–Kier alpha value is -0.410. The van der Waals surface area contributed by atoms with Crippen LogP contribution in [0.4, 0.5) is 0 Å². The van der Waals surface area contributed by atoms with E-state index in [0.29, 0.717) is 26.2 Å². The monoisotopic (exact) mass is 397 g/mol. The molecule has 0 spiro atoms. The minimum atomic E-state index is -3.22. The Morgan fingerprint density at radius 3 is 2.64 bits per heavy atom. The van der Waals surface area contributed by atoms with E-state index < -0.39 is 10.0 Å². The van der Waals surface area contributed by atoms with E-state index >= 15 is 0 Å². The summed E-state index contributed by atoms with van der Waals surface area (Å²) in [5, 5.41) is 6.41. The highest BCUT2D eigenvalue weighted by Gasteiger charge is 2.35. The minimum absolute atomic E-state index is 0. The minimum Gasteiger partial charge on any atom is -0.384 e. The second-order valence-corrected chi connectivity index (χ2v) is 9.26. The first-order chi connectivity index (χ1) is 11.4. The van der Waals surface area contributed by atoms with Gasteiger partial charge in [0.1, 0.15) is 0 Å². The number of nitrogens with one attached hydrogen (secondary N) is 2. The van der Waals surface area contributed by atoms with Gasteiger partial charge in [0.15, 0.2) is 0 Å². The Labute approximate surface area is 157 Å². The lowest BCUT2D eigenvalue weighted by atomic mass is 9.79. The van der Waals surface area contributed by atoms with E-state index in [-0.39, 0.29) is 35.4 Å². The highest BCUT2D eigenvalue weighted by Crippen LogP contribution is 2.28. The van der Waals surface area contributed by atoms with Crippen LogP contribution >= 0.6 is 12.4 Å². The van der Waals surface area contributed by atoms with Crippen molar-refractivity contribution in [3.05, 3.63) is 0 Å². The predicted octanol–water partition coefficient (Wildman–Crippen LogP) is 0.602. The summed E-state index contributed by atoms with van der Waals surface area (Å²) in [5.41, 5.74) is -0.0144. The van der Waals surface area contributed by atoms with Gasteiger partial charge >= 0.3 is 0 Å². The predicted molar refractivity (Wildman–Crippen MR) is 100 cm³/mol. The third kappa shape index (κ3) is 6.06. The van der Waals surface area contributed by atoms with Crippen molar-refractivity contribution in [3.8, 4) is 0 Å². The number of methoxy groups -OCH3 is 1. The Bertz CT molecular complexity index is 518. The fraction of sp³-hybridized carbons (Fsp3) is 0.938. The molecule has 9 heteroatoms. The summed E-state index contributed by atoms with van der Waals surface area (Å²) in [6.07, 6.45) is 3.44. The smallest absolute Gasteiger partial charge is 0.224 e. The summed E-state index contributed by atoms with van der Waals surface area (Å²) in [6.45, 7) is 5.58. The number of sulfonamides is 1. The molecule has 148 valence electrons. The number of hydrogen-bond donors (Lipinski definition) is 2. The molecule has 0 aromatic rings. The largest absolute Gasteiger partial charge is 0.384 e. The van der Waals surface area contributed by atoms with E-state index in [4.69, 9.17) is 4.74 Å². The second-order valence-electron chi connectivity index (χ2n) is 7.00. The van der Waals surface area contributed by atoms with Crippen molar-refractivity contribution in [1.82, 2.24) is 14.9 Å². The molecule has 2 saturated heterocycles. The Kier molecular flexibility index (Phi) is 9.11. The van der Waals surface area contributed by atoms with Gasteiger partial charge in [-0.05, 0) is 45.7 Å². The molecule has 0 aromatic heterocycles. The molecule has 2 rings (SSSR count). The van der Waals surface area contributed by atoms with Crippen LogP contribution in [0.15, 0.2) is 0 Å². The number of carbonyl (C=O) groups excluding carboxylic acids is 1. The summed E-state index contributed by atoms with van der Waals surface area (Å²) in [5.74, 6) is -0.188. The summed E-state index contributed by atoms with van der Waals surface area (Å²) in [6, 6.07) is 0. The molecule has 0 bridgehead atoms. The molecule has 0 aliphatic carbocycles. The van der Waals surface area contributed by atoms with Gasteiger partial charge in [-0.15, -0.1) is 12.4 Å². The molecule has 0 aromatic carbocycles. The summed E-state index contributed by atoms with van der Waals surface area (Å²) in [4.78, 5) is 12.6. The van der Waals surface area contributed by atoms with Crippen molar-refractivity contribution in [2.45, 2.75) is 32.6 Å². The molecule has 0 saturated carbocycles. The van der Waals surface area contributed by atoms with Crippen molar-refractivity contribution >= 4 is 28.3 Å². The summed E-state index contributed by atoms with van der Waals surface area (Å²) in [7, 11) is -1.52. The van der Waals surface area contributed by atoms with Gasteiger partial charge in [0.05, 0.1) is 18.3 Å². The molecular weight excluding hydrogens is 366 g/mol. The molecule has 2 fully saturated rings. The molecule has 1 unspecified atom stereocenters. The number of halogens is 1. The fourth-order valence-electron chi connectivity index (χ4n) is 3.65. The topological polar surface area (TPSA) is 87.7 Å². The van der Waals surface area contributed by atoms with Crippen LogP contribution in [0.2, 0.25) is 0 Å². The van der Waals surface area contributed by atoms with Crippen LogP contribution in [-0.4, -0.2) is 70.8 Å². The van der Waals surface area contributed by atoms with E-state index in [1.165, 1.54) is 4.31 Å². The third-order valence-corrected chi connectivity index (χ3v) is 7.11. The lowest BCUT2D eigenvalue weighted by Gasteiger charge is -2.38. The Morgan fingerprint density at radius 1 is 1.36 bits per heavy atom. The maximum Gasteiger partial charge on any atom is 0.224 e. The molecule has 1 amide bonds. The average molecular weight is 398 g/mol. The zero-order valence-electron chi connectivity index (χ0n) is 15.3. The van der Waals surface area contributed by atoms with Gasteiger partial charge in [-0.3, -0.25) is 4.79 Å². The number of piperidine rings is 2. The van der Waals surface area contributed by atoms with Gasteiger partial charge in [0, 0.05) is 32.2 Å². The molecule has 2 heterocycles. The van der Waals surface area contributed by atoms with Crippen LogP contribution < -0.4 is 10.6 Å². The number of rotatable bonds is 7. The number of nitrogens with zero attached hydrogens (tertiary/aromatic N) is 1. The van der Waals surface area contributed by atoms with Gasteiger partial charge in [-0.25, -0.2) is 12.7 Å². The third-order valence-electron chi connectivity index (χ3n) is 5.27. The first kappa shape index (κ1) is 22.6. The van der Waals surface area contributed by atoms with Crippen molar-refractivity contribution < 1.29 is 17.9 Å². The average Bonchev–Trinajstić information content (AvgIpc) is 2.61. The maximum atomic E-state index is 12.6. The van der Waals surface area contributed by atoms with E-state index in [0.717, 1.165) is 38.8 Å². The van der Waals surface area contributed by atoms with Crippen molar-refractivity contribution in [1.29, 1.82) is 0 Å². The Morgan fingerprint density at radius 2 is 2.04 bits per heavy atom. The highest BCUT2D eigenvalue weighted by molar-refractivity contribution is 7.89. The van der Waals surface area contributed by atoms with E-state index in [9.17, 15) is 13.2 Å². The zero-order valence-corrected chi connectivity index (χ0v) is 16.9. The quantitative estimate of drug-likeness (QED) is 0.657. The molecule has 2 aliphatic heterocycles. The number of carbonyl (C=O) groups is 1. The van der Waals surface area contributed by atoms with Crippen LogP contribution in [0.25, 0.3) is 0 Å². The van der Waals surface area contributed by atoms with Crippen molar-refractivity contribution in [2.24, 2.45) is 11.3 Å². The standard InChI is InChI=1S/C16H31N3O4S.ClH/c1-3-24(21,22)19-10-4-5-14(11-19)15(20)18-12-16(13-23-2)6-8-17-9-7-16;/h14,17H,3-13H2,1-2H3,(H,18,20);1H. The zero-order chi connectivity index (χ0) is 17.6. The molecular formula is C16H32ClN3O4S. The van der Waals surface area contributed by atoms with Crippen LogP contribution in [0, 0.1) is 11.3 Å². The first-order valence-corrected chi connectivity index (χ1v) is 10.5. The first-order valence-electron chi connectivity index (χ1n) is 8.88. The van der Waals surface area contributed by atoms with Crippen LogP contribution in [0.3, 0.4) is 0 Å². The molecule has 1 atom stereocenters. The van der Waals surface area contributed by atoms with Crippen molar-refractivity contribution in [2.75, 3.05) is 52.2 Å². The van der Waals surface area contributed by atoms with Gasteiger partial charge in [0.2, 0.25) is 15.9 Å². The van der Waals surface area contributed by atoms with Crippen LogP contribution in [-0.2, 0) is 19.6 Å². The normalized spacial score (nSPS) is 24.3. The number of ether oxygens (including phenoxy) is 1. The molecule has 2 N–H and O–H groups in total. The van der Waals surface area contributed by atoms with Gasteiger partial charge < -0.3 is 15.4 Å². The lowest BCUT2D eigenvalue weighted by molar-refractivity contribution is -0.127. The van der Waals surface area contributed by atoms with E-state index in [2.05, 4.69) is 10.6 Å². The molecule has 7 nitrogen and oxygen atoms in total. The van der Waals surface area contributed by atoms with Gasteiger partial charge in [-0.1, -0.05) is 0 Å². The molecule has 0 radical (unpaired) electrons. The Balaban J connectivity index is 0.00000312. The highest BCUT2D eigenvalue weighted by atomic mass is 35.5. The summed E-state index contributed by atoms with van der Waals surface area (Å²) < 4.78 is 30.9. The van der Waals surface area contributed by atoms with E-state index in [1.54, 1.807) is 14.0 Å². The van der Waals surface area contributed by atoms with Gasteiger partial charge in [0.25, 0.3) is 0 Å². The molecule has 2 aliphatic rings.